The summed E-state index contributed by atoms with van der Waals surface area (Å²) in [6.45, 7) is 5.71. The Hall–Kier alpha value is -1.64. The molecule has 1 amide bonds. The molecule has 1 aliphatic heterocycles. The number of fused-ring (bicyclic) bond motifs is 1. The van der Waals surface area contributed by atoms with Crippen LogP contribution < -0.4 is 0 Å². The van der Waals surface area contributed by atoms with Crippen molar-refractivity contribution in [2.24, 2.45) is 0 Å². The monoisotopic (exact) mass is 395 g/mol. The van der Waals surface area contributed by atoms with Gasteiger partial charge in [-0.2, -0.15) is 17.0 Å². The van der Waals surface area contributed by atoms with E-state index in [0.717, 1.165) is 36.8 Å². The zero-order valence-corrected chi connectivity index (χ0v) is 17.0. The molecule has 1 aromatic carbocycles. The highest BCUT2D eigenvalue weighted by Crippen LogP contribution is 2.29. The molecule has 0 saturated carbocycles. The maximum atomic E-state index is 12.9. The van der Waals surface area contributed by atoms with Crippen molar-refractivity contribution in [3.8, 4) is 5.75 Å². The molecule has 7 nitrogen and oxygen atoms in total. The van der Waals surface area contributed by atoms with Gasteiger partial charge in [-0.3, -0.25) is 4.79 Å². The Morgan fingerprint density at radius 3 is 2.15 bits per heavy atom. The number of hydrogen-bond acceptors (Lipinski definition) is 4. The van der Waals surface area contributed by atoms with E-state index >= 15 is 0 Å². The zero-order chi connectivity index (χ0) is 19.6. The number of phenols is 1. The van der Waals surface area contributed by atoms with Crippen molar-refractivity contribution in [3.05, 3.63) is 28.8 Å². The van der Waals surface area contributed by atoms with Crippen LogP contribution in [0.2, 0.25) is 0 Å². The summed E-state index contributed by atoms with van der Waals surface area (Å²) in [5, 5.41) is 10.3. The van der Waals surface area contributed by atoms with Crippen LogP contribution in [0.25, 0.3) is 0 Å². The molecule has 1 N–H and O–H groups in total. The minimum absolute atomic E-state index is 0.0267. The van der Waals surface area contributed by atoms with Crippen molar-refractivity contribution in [2.75, 3.05) is 39.3 Å². The third-order valence-electron chi connectivity index (χ3n) is 5.57. The van der Waals surface area contributed by atoms with E-state index in [1.54, 1.807) is 11.0 Å². The molecular formula is C19H29N3O4S. The first kappa shape index (κ1) is 20.1. The number of nitrogens with zero attached hydrogens (tertiary/aromatic N) is 3. The lowest BCUT2D eigenvalue weighted by Crippen LogP contribution is -2.54. The number of rotatable bonds is 5. The van der Waals surface area contributed by atoms with E-state index in [4.69, 9.17) is 0 Å². The molecule has 1 heterocycles. The van der Waals surface area contributed by atoms with Crippen molar-refractivity contribution in [1.29, 1.82) is 0 Å². The maximum Gasteiger partial charge on any atom is 0.282 e. The predicted octanol–water partition coefficient (Wildman–Crippen LogP) is 1.62. The molecule has 2 aliphatic rings. The van der Waals surface area contributed by atoms with E-state index in [0.29, 0.717) is 31.7 Å². The van der Waals surface area contributed by atoms with Crippen molar-refractivity contribution in [3.63, 3.8) is 0 Å². The number of carbonyl (C=O) groups excluding carboxylic acids is 1. The summed E-state index contributed by atoms with van der Waals surface area (Å²) in [4.78, 5) is 14.5. The van der Waals surface area contributed by atoms with Crippen molar-refractivity contribution in [2.45, 2.75) is 39.5 Å². The van der Waals surface area contributed by atoms with E-state index in [-0.39, 0.29) is 24.7 Å². The van der Waals surface area contributed by atoms with E-state index < -0.39 is 10.2 Å². The smallest absolute Gasteiger partial charge is 0.282 e. The number of benzene rings is 1. The predicted molar refractivity (Wildman–Crippen MR) is 104 cm³/mol. The highest BCUT2D eigenvalue weighted by atomic mass is 32.2. The largest absolute Gasteiger partial charge is 0.507 e. The lowest BCUT2D eigenvalue weighted by molar-refractivity contribution is 0.0691. The highest BCUT2D eigenvalue weighted by molar-refractivity contribution is 7.86. The van der Waals surface area contributed by atoms with Crippen LogP contribution in [0, 0.1) is 0 Å². The van der Waals surface area contributed by atoms with Gasteiger partial charge in [0.25, 0.3) is 16.1 Å². The number of aryl methyl sites for hydroxylation is 2. The molecule has 1 aliphatic carbocycles. The van der Waals surface area contributed by atoms with Crippen molar-refractivity contribution in [1.82, 2.24) is 13.5 Å². The molecule has 27 heavy (non-hydrogen) atoms. The first-order chi connectivity index (χ1) is 12.9. The van der Waals surface area contributed by atoms with Crippen LogP contribution >= 0.6 is 0 Å². The number of phenolic OH excluding ortho intramolecular Hbond substituents is 1. The van der Waals surface area contributed by atoms with Crippen LogP contribution in [0.1, 0.15) is 48.2 Å². The summed E-state index contributed by atoms with van der Waals surface area (Å²) < 4.78 is 28.1. The number of hydrogen-bond donors (Lipinski definition) is 1. The molecule has 0 aromatic heterocycles. The quantitative estimate of drug-likeness (QED) is 0.821. The number of aromatic hydroxyl groups is 1. The van der Waals surface area contributed by atoms with Gasteiger partial charge in [0.05, 0.1) is 5.56 Å². The highest BCUT2D eigenvalue weighted by Gasteiger charge is 2.33. The Balaban J connectivity index is 1.70. The molecule has 8 heteroatoms. The van der Waals surface area contributed by atoms with Gasteiger partial charge in [-0.1, -0.05) is 13.8 Å². The van der Waals surface area contributed by atoms with Gasteiger partial charge in [0.15, 0.2) is 0 Å². The fourth-order valence-electron chi connectivity index (χ4n) is 3.95. The molecular weight excluding hydrogens is 366 g/mol. The topological polar surface area (TPSA) is 81.2 Å². The summed E-state index contributed by atoms with van der Waals surface area (Å²) in [5.41, 5.74) is 2.60. The zero-order valence-electron chi connectivity index (χ0n) is 16.1. The molecule has 1 fully saturated rings. The van der Waals surface area contributed by atoms with Gasteiger partial charge in [-0.25, -0.2) is 0 Å². The summed E-state index contributed by atoms with van der Waals surface area (Å²) in [6, 6.07) is 3.55. The minimum Gasteiger partial charge on any atom is -0.507 e. The first-order valence-electron chi connectivity index (χ1n) is 9.77. The average molecular weight is 396 g/mol. The van der Waals surface area contributed by atoms with Gasteiger partial charge >= 0.3 is 0 Å². The third-order valence-corrected chi connectivity index (χ3v) is 7.76. The van der Waals surface area contributed by atoms with Crippen LogP contribution in [0.5, 0.6) is 5.75 Å². The number of piperazine rings is 1. The van der Waals surface area contributed by atoms with Crippen molar-refractivity contribution >= 4 is 16.1 Å². The molecule has 0 radical (unpaired) electrons. The summed E-state index contributed by atoms with van der Waals surface area (Å²) in [7, 11) is -3.48. The van der Waals surface area contributed by atoms with Gasteiger partial charge < -0.3 is 10.0 Å². The summed E-state index contributed by atoms with van der Waals surface area (Å²) in [6.07, 6.45) is 4.10. The molecule has 0 atom stereocenters. The van der Waals surface area contributed by atoms with Crippen molar-refractivity contribution < 1.29 is 18.3 Å². The second-order valence-electron chi connectivity index (χ2n) is 7.13. The lowest BCUT2D eigenvalue weighted by atomic mass is 9.89. The third kappa shape index (κ3) is 3.97. The van der Waals surface area contributed by atoms with Crippen LogP contribution in [0.3, 0.4) is 0 Å². The summed E-state index contributed by atoms with van der Waals surface area (Å²) >= 11 is 0. The van der Waals surface area contributed by atoms with Gasteiger partial charge in [0, 0.05) is 39.3 Å². The molecule has 1 saturated heterocycles. The fraction of sp³-hybridized carbons (Fsp3) is 0.632. The second kappa shape index (κ2) is 8.16. The van der Waals surface area contributed by atoms with E-state index in [1.807, 2.05) is 19.9 Å². The van der Waals surface area contributed by atoms with Gasteiger partial charge in [0.2, 0.25) is 0 Å². The van der Waals surface area contributed by atoms with Gasteiger partial charge in [-0.05, 0) is 48.9 Å². The maximum absolute atomic E-state index is 12.9. The second-order valence-corrected chi connectivity index (χ2v) is 9.06. The number of carbonyl (C=O) groups is 1. The summed E-state index contributed by atoms with van der Waals surface area (Å²) in [5.74, 6) is -0.195. The van der Waals surface area contributed by atoms with Crippen LogP contribution in [-0.4, -0.2) is 72.2 Å². The van der Waals surface area contributed by atoms with Crippen LogP contribution in [0.15, 0.2) is 12.1 Å². The molecule has 1 aromatic rings. The molecule has 0 bridgehead atoms. The molecule has 150 valence electrons. The Morgan fingerprint density at radius 2 is 1.59 bits per heavy atom. The Kier molecular flexibility index (Phi) is 6.08. The van der Waals surface area contributed by atoms with E-state index in [1.165, 1.54) is 8.61 Å². The Morgan fingerprint density at radius 1 is 1.04 bits per heavy atom. The molecule has 3 rings (SSSR count). The Bertz CT molecular complexity index is 797. The lowest BCUT2D eigenvalue weighted by Gasteiger charge is -2.36. The van der Waals surface area contributed by atoms with Crippen LogP contribution in [0.4, 0.5) is 0 Å². The Labute approximate surface area is 161 Å². The normalized spacial score (nSPS) is 18.6. The van der Waals surface area contributed by atoms with E-state index in [9.17, 15) is 18.3 Å². The van der Waals surface area contributed by atoms with Gasteiger partial charge in [-0.15, -0.1) is 0 Å². The first-order valence-corrected chi connectivity index (χ1v) is 11.2. The molecule has 0 spiro atoms. The average Bonchev–Trinajstić information content (AvgIpc) is 2.67. The SMILES string of the molecule is CCN(CC)S(=O)(=O)N1CCN(C(=O)c2cc3c(cc2O)CCCC3)CC1. The van der Waals surface area contributed by atoms with Gasteiger partial charge in [0.1, 0.15) is 5.75 Å². The molecule has 0 unspecified atom stereocenters. The minimum atomic E-state index is -3.48. The van der Waals surface area contributed by atoms with Crippen LogP contribution in [-0.2, 0) is 23.1 Å². The number of amides is 1. The fourth-order valence-corrected chi connectivity index (χ4v) is 5.55. The standard InChI is InChI=1S/C19H29N3O4S/c1-3-21(4-2)27(25,26)22-11-9-20(10-12-22)19(24)17-13-15-7-5-6-8-16(15)14-18(17)23/h13-14,23H,3-12H2,1-2H3. The van der Waals surface area contributed by atoms with E-state index in [2.05, 4.69) is 0 Å².